The Hall–Kier alpha value is -4.00. The Morgan fingerprint density at radius 1 is 1.08 bits per heavy atom. The Labute approximate surface area is 210 Å². The van der Waals surface area contributed by atoms with Crippen molar-refractivity contribution in [2.75, 3.05) is 6.54 Å². The summed E-state index contributed by atoms with van der Waals surface area (Å²) in [6.07, 6.45) is 0.758. The zero-order chi connectivity index (χ0) is 25.4. The maximum atomic E-state index is 13.1. The standard InChI is InChI=1S/C29H30N4O3/c1-4-33-26-11-10-24(19(3)28(26)30-31-33)25(16-27(34)35)21-14-18(2)23-12-13-32(17-22(23)15-21)29(36)20-8-6-5-7-9-20/h5-11,14-15,25H,4,12-13,16-17H2,1-3H3,(H,34,35)/t25-/m1/s1. The lowest BCUT2D eigenvalue weighted by atomic mass is 9.82. The van der Waals surface area contributed by atoms with Crippen molar-refractivity contribution in [2.24, 2.45) is 0 Å². The minimum absolute atomic E-state index is 0.0201. The molecule has 0 unspecified atom stereocenters. The van der Waals surface area contributed by atoms with Crippen molar-refractivity contribution in [3.8, 4) is 0 Å². The molecule has 2 heterocycles. The zero-order valence-corrected chi connectivity index (χ0v) is 20.9. The van der Waals surface area contributed by atoms with E-state index in [9.17, 15) is 14.7 Å². The number of aromatic nitrogens is 3. The van der Waals surface area contributed by atoms with Crippen LogP contribution in [-0.2, 0) is 24.3 Å². The van der Waals surface area contributed by atoms with Gasteiger partial charge in [-0.25, -0.2) is 4.68 Å². The van der Waals surface area contributed by atoms with Crippen molar-refractivity contribution in [3.63, 3.8) is 0 Å². The molecule has 184 valence electrons. The minimum Gasteiger partial charge on any atom is -0.481 e. The molecule has 3 aromatic carbocycles. The first-order valence-electron chi connectivity index (χ1n) is 12.4. The van der Waals surface area contributed by atoms with E-state index in [0.29, 0.717) is 18.7 Å². The molecule has 4 aromatic rings. The lowest BCUT2D eigenvalue weighted by Gasteiger charge is -2.31. The van der Waals surface area contributed by atoms with Gasteiger partial charge in [0.1, 0.15) is 5.52 Å². The van der Waals surface area contributed by atoms with Gasteiger partial charge in [0.15, 0.2) is 0 Å². The number of benzene rings is 3. The Kier molecular flexibility index (Phi) is 6.31. The molecule has 1 N–H and O–H groups in total. The number of amides is 1. The molecule has 0 aliphatic carbocycles. The van der Waals surface area contributed by atoms with Crippen LogP contribution in [0.1, 0.15) is 63.0 Å². The number of carboxylic acids is 1. The van der Waals surface area contributed by atoms with Gasteiger partial charge in [-0.15, -0.1) is 5.10 Å². The summed E-state index contributed by atoms with van der Waals surface area (Å²) in [7, 11) is 0. The van der Waals surface area contributed by atoms with Crippen LogP contribution in [0.2, 0.25) is 0 Å². The molecular weight excluding hydrogens is 452 g/mol. The number of fused-ring (bicyclic) bond motifs is 2. The fraction of sp³-hybridized carbons (Fsp3) is 0.310. The molecule has 0 bridgehead atoms. The number of carbonyl (C=O) groups is 2. The van der Waals surface area contributed by atoms with Gasteiger partial charge in [0.25, 0.3) is 5.91 Å². The number of aliphatic carboxylic acids is 1. The summed E-state index contributed by atoms with van der Waals surface area (Å²) in [5.41, 5.74) is 8.77. The third-order valence-electron chi connectivity index (χ3n) is 7.33. The highest BCUT2D eigenvalue weighted by molar-refractivity contribution is 5.94. The molecule has 0 saturated heterocycles. The topological polar surface area (TPSA) is 88.3 Å². The number of hydrogen-bond donors (Lipinski definition) is 1. The second kappa shape index (κ2) is 9.57. The number of carboxylic acid groups (broad SMARTS) is 1. The summed E-state index contributed by atoms with van der Waals surface area (Å²) in [5, 5.41) is 18.4. The smallest absolute Gasteiger partial charge is 0.304 e. The van der Waals surface area contributed by atoms with Crippen LogP contribution in [0.15, 0.2) is 54.6 Å². The SMILES string of the molecule is CCn1nnc2c(C)c([C@H](CC(=O)O)c3cc(C)c4c(c3)CN(C(=O)c3ccccc3)CC4)ccc21. The molecule has 7 heteroatoms. The van der Waals surface area contributed by atoms with Gasteiger partial charge in [-0.1, -0.05) is 41.6 Å². The maximum absolute atomic E-state index is 13.1. The molecule has 1 aromatic heterocycles. The van der Waals surface area contributed by atoms with E-state index in [1.54, 1.807) is 0 Å². The van der Waals surface area contributed by atoms with Crippen molar-refractivity contribution >= 4 is 22.9 Å². The van der Waals surface area contributed by atoms with Crippen molar-refractivity contribution < 1.29 is 14.7 Å². The van der Waals surface area contributed by atoms with E-state index < -0.39 is 5.97 Å². The highest BCUT2D eigenvalue weighted by Crippen LogP contribution is 2.36. The van der Waals surface area contributed by atoms with Crippen LogP contribution in [0, 0.1) is 13.8 Å². The Bertz CT molecular complexity index is 1460. The van der Waals surface area contributed by atoms with Gasteiger partial charge in [-0.3, -0.25) is 9.59 Å². The van der Waals surface area contributed by atoms with Crippen LogP contribution < -0.4 is 0 Å². The molecule has 0 radical (unpaired) electrons. The predicted molar refractivity (Wildman–Crippen MR) is 138 cm³/mol. The van der Waals surface area contributed by atoms with E-state index in [1.807, 2.05) is 65.9 Å². The third-order valence-corrected chi connectivity index (χ3v) is 7.33. The number of carbonyl (C=O) groups excluding carboxylic acids is 1. The van der Waals surface area contributed by atoms with Crippen molar-refractivity contribution in [3.05, 3.63) is 93.5 Å². The average molecular weight is 483 g/mol. The molecule has 0 spiro atoms. The number of aryl methyl sites for hydroxylation is 3. The Morgan fingerprint density at radius 3 is 2.58 bits per heavy atom. The summed E-state index contributed by atoms with van der Waals surface area (Å²) in [5.74, 6) is -1.16. The van der Waals surface area contributed by atoms with E-state index in [0.717, 1.165) is 51.8 Å². The number of nitrogens with zero attached hydrogens (tertiary/aromatic N) is 4. The van der Waals surface area contributed by atoms with Gasteiger partial charge in [0, 0.05) is 31.1 Å². The number of rotatable bonds is 6. The van der Waals surface area contributed by atoms with Gasteiger partial charge < -0.3 is 10.0 Å². The quantitative estimate of drug-likeness (QED) is 0.423. The summed E-state index contributed by atoms with van der Waals surface area (Å²) < 4.78 is 1.85. The molecular formula is C29H30N4O3. The fourth-order valence-electron chi connectivity index (χ4n) is 5.46. The van der Waals surface area contributed by atoms with Gasteiger partial charge in [0.05, 0.1) is 11.9 Å². The third kappa shape index (κ3) is 4.26. The lowest BCUT2D eigenvalue weighted by Crippen LogP contribution is -2.36. The van der Waals surface area contributed by atoms with Gasteiger partial charge in [0.2, 0.25) is 0 Å². The lowest BCUT2D eigenvalue weighted by molar-refractivity contribution is -0.137. The first-order chi connectivity index (χ1) is 17.4. The van der Waals surface area contributed by atoms with Crippen molar-refractivity contribution in [1.82, 2.24) is 19.9 Å². The van der Waals surface area contributed by atoms with Gasteiger partial charge >= 0.3 is 5.97 Å². The van der Waals surface area contributed by atoms with E-state index in [4.69, 9.17) is 0 Å². The highest BCUT2D eigenvalue weighted by Gasteiger charge is 2.27. The van der Waals surface area contributed by atoms with Crippen molar-refractivity contribution in [1.29, 1.82) is 0 Å². The van der Waals surface area contributed by atoms with Gasteiger partial charge in [-0.05, 0) is 78.8 Å². The molecule has 1 aliphatic rings. The molecule has 1 aliphatic heterocycles. The summed E-state index contributed by atoms with van der Waals surface area (Å²) in [6.45, 7) is 8.00. The molecule has 1 amide bonds. The predicted octanol–water partition coefficient (Wildman–Crippen LogP) is 4.87. The van der Waals surface area contributed by atoms with Crippen molar-refractivity contribution in [2.45, 2.75) is 52.6 Å². The molecule has 5 rings (SSSR count). The average Bonchev–Trinajstić information content (AvgIpc) is 3.31. The normalized spacial score (nSPS) is 14.0. The van der Waals surface area contributed by atoms with E-state index in [-0.39, 0.29) is 18.2 Å². The number of hydrogen-bond acceptors (Lipinski definition) is 4. The molecule has 1 atom stereocenters. The second-order valence-electron chi connectivity index (χ2n) is 9.52. The summed E-state index contributed by atoms with van der Waals surface area (Å²) in [6, 6.07) is 17.6. The molecule has 36 heavy (non-hydrogen) atoms. The Balaban J connectivity index is 1.54. The maximum Gasteiger partial charge on any atom is 0.304 e. The van der Waals surface area contributed by atoms with Crippen LogP contribution >= 0.6 is 0 Å². The van der Waals surface area contributed by atoms with Crippen LogP contribution in [-0.4, -0.2) is 43.4 Å². The van der Waals surface area contributed by atoms with Gasteiger partial charge in [-0.2, -0.15) is 0 Å². The molecule has 0 fully saturated rings. The second-order valence-corrected chi connectivity index (χ2v) is 9.52. The zero-order valence-electron chi connectivity index (χ0n) is 20.9. The van der Waals surface area contributed by atoms with E-state index in [1.165, 1.54) is 5.56 Å². The minimum atomic E-state index is -0.854. The Morgan fingerprint density at radius 2 is 1.86 bits per heavy atom. The fourth-order valence-corrected chi connectivity index (χ4v) is 5.46. The summed E-state index contributed by atoms with van der Waals surface area (Å²) >= 11 is 0. The highest BCUT2D eigenvalue weighted by atomic mass is 16.4. The largest absolute Gasteiger partial charge is 0.481 e. The van der Waals surface area contributed by atoms with Crippen LogP contribution in [0.5, 0.6) is 0 Å². The van der Waals surface area contributed by atoms with E-state index >= 15 is 0 Å². The molecule has 7 nitrogen and oxygen atoms in total. The first-order valence-corrected chi connectivity index (χ1v) is 12.4. The van der Waals surface area contributed by atoms with Crippen LogP contribution in [0.3, 0.4) is 0 Å². The summed E-state index contributed by atoms with van der Waals surface area (Å²) in [4.78, 5) is 27.0. The monoisotopic (exact) mass is 482 g/mol. The first kappa shape index (κ1) is 23.7. The van der Waals surface area contributed by atoms with Crippen LogP contribution in [0.25, 0.3) is 11.0 Å². The van der Waals surface area contributed by atoms with Crippen LogP contribution in [0.4, 0.5) is 0 Å². The molecule has 0 saturated carbocycles. The van der Waals surface area contributed by atoms with E-state index in [2.05, 4.69) is 29.4 Å².